The van der Waals surface area contributed by atoms with Gasteiger partial charge in [0.05, 0.1) is 25.6 Å². The highest BCUT2D eigenvalue weighted by Gasteiger charge is 2.41. The molecular formula is C25H20N2O5S. The summed E-state index contributed by atoms with van der Waals surface area (Å²) < 4.78 is 10.4. The lowest BCUT2D eigenvalue weighted by molar-refractivity contribution is -0.120. The van der Waals surface area contributed by atoms with E-state index in [1.165, 1.54) is 42.2 Å². The Hall–Kier alpha value is -4.17. The first-order chi connectivity index (χ1) is 16.0. The second kappa shape index (κ2) is 9.13. The number of nitrogens with zero attached hydrogens (tertiary/aromatic N) is 2. The number of aromatic hydroxyl groups is 1. The predicted octanol–water partition coefficient (Wildman–Crippen LogP) is 4.16. The summed E-state index contributed by atoms with van der Waals surface area (Å²) in [5, 5.41) is 10.3. The first-order valence-corrected chi connectivity index (χ1v) is 10.4. The van der Waals surface area contributed by atoms with E-state index in [0.29, 0.717) is 16.9 Å². The van der Waals surface area contributed by atoms with Crippen LogP contribution < -0.4 is 19.3 Å². The van der Waals surface area contributed by atoms with E-state index in [2.05, 4.69) is 0 Å². The molecule has 7 nitrogen and oxygen atoms in total. The topological polar surface area (TPSA) is 79.3 Å². The molecule has 8 heteroatoms. The molecular weight excluding hydrogens is 440 g/mol. The molecule has 0 atom stereocenters. The van der Waals surface area contributed by atoms with Crippen molar-refractivity contribution in [2.24, 2.45) is 0 Å². The van der Waals surface area contributed by atoms with Crippen molar-refractivity contribution < 1.29 is 24.2 Å². The maximum atomic E-state index is 13.5. The number of hydrogen-bond donors (Lipinski definition) is 1. The SMILES string of the molecule is COc1cc(C=C2C(=O)N(c3ccccc3)C(=S)N(c3ccccc3)C2=O)cc(OC)c1O. The second-order valence-electron chi connectivity index (χ2n) is 7.07. The van der Waals surface area contributed by atoms with Crippen molar-refractivity contribution >= 4 is 46.6 Å². The number of ether oxygens (including phenoxy) is 2. The minimum atomic E-state index is -0.561. The van der Waals surface area contributed by atoms with E-state index in [4.69, 9.17) is 21.7 Å². The van der Waals surface area contributed by atoms with E-state index in [0.717, 1.165) is 0 Å². The largest absolute Gasteiger partial charge is 0.502 e. The van der Waals surface area contributed by atoms with Crippen molar-refractivity contribution in [3.63, 3.8) is 0 Å². The maximum absolute atomic E-state index is 13.5. The molecule has 0 saturated carbocycles. The van der Waals surface area contributed by atoms with Crippen molar-refractivity contribution in [1.82, 2.24) is 0 Å². The molecule has 166 valence electrons. The summed E-state index contributed by atoms with van der Waals surface area (Å²) in [5.74, 6) is -1.01. The molecule has 0 aliphatic carbocycles. The fourth-order valence-corrected chi connectivity index (χ4v) is 3.88. The lowest BCUT2D eigenvalue weighted by Gasteiger charge is -2.36. The molecule has 2 amide bonds. The van der Waals surface area contributed by atoms with E-state index in [1.807, 2.05) is 12.1 Å². The molecule has 3 aromatic carbocycles. The first kappa shape index (κ1) is 22.0. The van der Waals surface area contributed by atoms with Crippen LogP contribution in [-0.2, 0) is 9.59 Å². The van der Waals surface area contributed by atoms with Crippen LogP contribution in [-0.4, -0.2) is 36.3 Å². The van der Waals surface area contributed by atoms with E-state index in [-0.39, 0.29) is 27.9 Å². The molecule has 1 fully saturated rings. The van der Waals surface area contributed by atoms with Gasteiger partial charge in [0.1, 0.15) is 5.57 Å². The predicted molar refractivity (Wildman–Crippen MR) is 130 cm³/mol. The first-order valence-electron chi connectivity index (χ1n) is 9.96. The Labute approximate surface area is 196 Å². The Bertz CT molecular complexity index is 1170. The summed E-state index contributed by atoms with van der Waals surface area (Å²) in [7, 11) is 2.80. The minimum Gasteiger partial charge on any atom is -0.502 e. The number of carbonyl (C=O) groups excluding carboxylic acids is 2. The molecule has 0 aromatic heterocycles. The van der Waals surface area contributed by atoms with Gasteiger partial charge in [0, 0.05) is 0 Å². The zero-order chi connectivity index (χ0) is 23.5. The van der Waals surface area contributed by atoms with Gasteiger partial charge in [-0.25, -0.2) is 0 Å². The van der Waals surface area contributed by atoms with Crippen LogP contribution in [0.2, 0.25) is 0 Å². The third-order valence-corrected chi connectivity index (χ3v) is 5.46. The summed E-state index contributed by atoms with van der Waals surface area (Å²) in [6.45, 7) is 0. The van der Waals surface area contributed by atoms with E-state index < -0.39 is 11.8 Å². The molecule has 1 aliphatic rings. The molecule has 0 unspecified atom stereocenters. The maximum Gasteiger partial charge on any atom is 0.270 e. The quantitative estimate of drug-likeness (QED) is 0.350. The van der Waals surface area contributed by atoms with Crippen LogP contribution >= 0.6 is 12.2 Å². The fraction of sp³-hybridized carbons (Fsp3) is 0.0800. The molecule has 1 saturated heterocycles. The number of para-hydroxylation sites is 2. The monoisotopic (exact) mass is 460 g/mol. The van der Waals surface area contributed by atoms with Crippen LogP contribution in [0.1, 0.15) is 5.56 Å². The summed E-state index contributed by atoms with van der Waals surface area (Å²) in [6, 6.07) is 20.8. The van der Waals surface area contributed by atoms with Crippen LogP contribution in [0.25, 0.3) is 6.08 Å². The second-order valence-corrected chi connectivity index (χ2v) is 7.43. The van der Waals surface area contributed by atoms with Crippen molar-refractivity contribution in [2.75, 3.05) is 24.0 Å². The molecule has 1 aliphatic heterocycles. The summed E-state index contributed by atoms with van der Waals surface area (Å²) in [5.41, 5.74) is 1.40. The molecule has 0 radical (unpaired) electrons. The molecule has 0 spiro atoms. The molecule has 33 heavy (non-hydrogen) atoms. The number of methoxy groups -OCH3 is 2. The number of carbonyl (C=O) groups is 2. The highest BCUT2D eigenvalue weighted by molar-refractivity contribution is 7.81. The van der Waals surface area contributed by atoms with E-state index in [9.17, 15) is 14.7 Å². The Morgan fingerprint density at radius 1 is 0.788 bits per heavy atom. The third-order valence-electron chi connectivity index (χ3n) is 5.09. The number of rotatable bonds is 5. The number of hydrogen-bond acceptors (Lipinski definition) is 6. The van der Waals surface area contributed by atoms with Gasteiger partial charge in [-0.3, -0.25) is 19.4 Å². The number of amides is 2. The number of phenolic OH excluding ortho intramolecular Hbond substituents is 1. The minimum absolute atomic E-state index is 0.0559. The number of phenols is 1. The van der Waals surface area contributed by atoms with Gasteiger partial charge < -0.3 is 14.6 Å². The highest BCUT2D eigenvalue weighted by Crippen LogP contribution is 2.38. The molecule has 0 bridgehead atoms. The van der Waals surface area contributed by atoms with Crippen molar-refractivity contribution in [1.29, 1.82) is 0 Å². The lowest BCUT2D eigenvalue weighted by atomic mass is 10.0. The molecule has 4 rings (SSSR count). The Kier molecular flexibility index (Phi) is 6.10. The Morgan fingerprint density at radius 3 is 1.61 bits per heavy atom. The Morgan fingerprint density at radius 2 is 1.21 bits per heavy atom. The van der Waals surface area contributed by atoms with Gasteiger partial charge >= 0.3 is 0 Å². The Balaban J connectivity index is 1.89. The molecule has 1 N–H and O–H groups in total. The smallest absolute Gasteiger partial charge is 0.270 e. The van der Waals surface area contributed by atoms with Gasteiger partial charge in [-0.1, -0.05) is 36.4 Å². The van der Waals surface area contributed by atoms with Gasteiger partial charge in [-0.05, 0) is 60.3 Å². The average Bonchev–Trinajstić information content (AvgIpc) is 2.84. The number of anilines is 2. The van der Waals surface area contributed by atoms with Crippen molar-refractivity contribution in [2.45, 2.75) is 0 Å². The number of benzene rings is 3. The zero-order valence-electron chi connectivity index (χ0n) is 17.9. The summed E-state index contributed by atoms with van der Waals surface area (Å²) in [4.78, 5) is 29.7. The van der Waals surface area contributed by atoms with Gasteiger partial charge in [0.25, 0.3) is 11.8 Å². The van der Waals surface area contributed by atoms with E-state index >= 15 is 0 Å². The van der Waals surface area contributed by atoms with Crippen LogP contribution in [0.15, 0.2) is 78.4 Å². The van der Waals surface area contributed by atoms with Crippen LogP contribution in [0.3, 0.4) is 0 Å². The van der Waals surface area contributed by atoms with Gasteiger partial charge in [-0.15, -0.1) is 0 Å². The lowest BCUT2D eigenvalue weighted by Crippen LogP contribution is -2.56. The van der Waals surface area contributed by atoms with Gasteiger partial charge in [0.2, 0.25) is 5.75 Å². The number of thiocarbonyl (C=S) groups is 1. The summed E-state index contributed by atoms with van der Waals surface area (Å²) >= 11 is 5.59. The summed E-state index contributed by atoms with van der Waals surface area (Å²) in [6.07, 6.45) is 1.43. The normalized spacial score (nSPS) is 13.9. The van der Waals surface area contributed by atoms with Crippen LogP contribution in [0.5, 0.6) is 17.2 Å². The molecule has 3 aromatic rings. The highest BCUT2D eigenvalue weighted by atomic mass is 32.1. The van der Waals surface area contributed by atoms with Gasteiger partial charge in [-0.2, -0.15) is 0 Å². The van der Waals surface area contributed by atoms with Crippen LogP contribution in [0, 0.1) is 0 Å². The van der Waals surface area contributed by atoms with Crippen molar-refractivity contribution in [3.05, 3.63) is 83.9 Å². The zero-order valence-corrected chi connectivity index (χ0v) is 18.7. The van der Waals surface area contributed by atoms with Crippen molar-refractivity contribution in [3.8, 4) is 17.2 Å². The van der Waals surface area contributed by atoms with Gasteiger partial charge in [0.15, 0.2) is 16.6 Å². The van der Waals surface area contributed by atoms with Crippen LogP contribution in [0.4, 0.5) is 11.4 Å². The average molecular weight is 461 g/mol. The molecule has 1 heterocycles. The third kappa shape index (κ3) is 4.04. The van der Waals surface area contributed by atoms with E-state index in [1.54, 1.807) is 48.5 Å². The fourth-order valence-electron chi connectivity index (χ4n) is 3.50. The standard InChI is InChI=1S/C25H20N2O5S/c1-31-20-14-16(15-21(32-2)22(20)28)13-19-23(29)26(17-9-5-3-6-10-17)25(33)27(24(19)30)18-11-7-4-8-12-18/h3-15,28H,1-2H3.